The van der Waals surface area contributed by atoms with Crippen molar-refractivity contribution in [1.82, 2.24) is 20.2 Å². The summed E-state index contributed by atoms with van der Waals surface area (Å²) < 4.78 is 1.97. The maximum absolute atomic E-state index is 5.64. The van der Waals surface area contributed by atoms with E-state index in [9.17, 15) is 0 Å². The van der Waals surface area contributed by atoms with Gasteiger partial charge in [0, 0.05) is 19.0 Å². The van der Waals surface area contributed by atoms with Crippen molar-refractivity contribution in [2.75, 3.05) is 0 Å². The lowest BCUT2D eigenvalue weighted by molar-refractivity contribution is 0.293. The topological polar surface area (TPSA) is 68.8 Å². The molecule has 0 bridgehead atoms. The zero-order chi connectivity index (χ0) is 12.8. The molecule has 0 aliphatic heterocycles. The Bertz CT molecular complexity index is 320. The molecule has 5 heteroatoms. The fraction of sp³-hybridized carbons (Fsp3) is 0.833. The Hall–Kier alpha value is -0.940. The smallest absolute Gasteiger partial charge is 0.138 e. The zero-order valence-electron chi connectivity index (χ0n) is 11.3. The number of rotatable bonds is 7. The first-order chi connectivity index (χ1) is 8.10. The number of nitrogens with zero attached hydrogens (tertiary/aromatic N) is 3. The molecule has 0 radical (unpaired) electrons. The quantitative estimate of drug-likeness (QED) is 0.557. The first-order valence-corrected chi connectivity index (χ1v) is 6.42. The number of hydrogen-bond donors (Lipinski definition) is 2. The fourth-order valence-electron chi connectivity index (χ4n) is 1.90. The average Bonchev–Trinajstić information content (AvgIpc) is 2.73. The van der Waals surface area contributed by atoms with Gasteiger partial charge in [-0.15, -0.1) is 0 Å². The van der Waals surface area contributed by atoms with Crippen LogP contribution in [0.1, 0.15) is 39.9 Å². The highest BCUT2D eigenvalue weighted by Gasteiger charge is 2.21. The van der Waals surface area contributed by atoms with Gasteiger partial charge in [-0.1, -0.05) is 27.7 Å². The summed E-state index contributed by atoms with van der Waals surface area (Å²) >= 11 is 0. The Morgan fingerprint density at radius 2 is 2.12 bits per heavy atom. The van der Waals surface area contributed by atoms with Crippen LogP contribution in [0, 0.1) is 11.8 Å². The molecular formula is C12H25N5. The molecule has 0 saturated carbocycles. The summed E-state index contributed by atoms with van der Waals surface area (Å²) in [6, 6.07) is 0.245. The third kappa shape index (κ3) is 3.78. The van der Waals surface area contributed by atoms with E-state index < -0.39 is 0 Å². The third-order valence-electron chi connectivity index (χ3n) is 3.43. The van der Waals surface area contributed by atoms with E-state index >= 15 is 0 Å². The second-order valence-corrected chi connectivity index (χ2v) is 4.98. The maximum Gasteiger partial charge on any atom is 0.138 e. The molecule has 98 valence electrons. The van der Waals surface area contributed by atoms with Gasteiger partial charge >= 0.3 is 0 Å². The lowest BCUT2D eigenvalue weighted by Gasteiger charge is -2.26. The van der Waals surface area contributed by atoms with E-state index in [0.29, 0.717) is 11.8 Å². The molecule has 0 aromatic carbocycles. The highest BCUT2D eigenvalue weighted by molar-refractivity contribution is 4.91. The van der Waals surface area contributed by atoms with Crippen molar-refractivity contribution >= 4 is 0 Å². The number of aryl methyl sites for hydroxylation is 1. The van der Waals surface area contributed by atoms with Crippen LogP contribution in [0.3, 0.4) is 0 Å². The van der Waals surface area contributed by atoms with E-state index in [1.165, 1.54) is 0 Å². The Morgan fingerprint density at radius 3 is 2.65 bits per heavy atom. The van der Waals surface area contributed by atoms with E-state index in [1.54, 1.807) is 6.33 Å². The minimum atomic E-state index is 0.245. The minimum absolute atomic E-state index is 0.245. The van der Waals surface area contributed by atoms with Crippen molar-refractivity contribution < 1.29 is 0 Å². The molecule has 0 aliphatic rings. The van der Waals surface area contributed by atoms with Crippen LogP contribution >= 0.6 is 0 Å². The molecule has 0 saturated heterocycles. The van der Waals surface area contributed by atoms with Gasteiger partial charge in [0.2, 0.25) is 0 Å². The van der Waals surface area contributed by atoms with E-state index in [1.807, 2.05) is 4.68 Å². The molecule has 0 amide bonds. The largest absolute Gasteiger partial charge is 0.271 e. The van der Waals surface area contributed by atoms with Gasteiger partial charge in [-0.2, -0.15) is 5.10 Å². The minimum Gasteiger partial charge on any atom is -0.271 e. The molecule has 0 spiro atoms. The highest BCUT2D eigenvalue weighted by Crippen LogP contribution is 2.17. The zero-order valence-corrected chi connectivity index (χ0v) is 11.3. The van der Waals surface area contributed by atoms with Crippen molar-refractivity contribution in [3.8, 4) is 0 Å². The van der Waals surface area contributed by atoms with E-state index in [4.69, 9.17) is 5.84 Å². The van der Waals surface area contributed by atoms with Crippen LogP contribution in [0.4, 0.5) is 0 Å². The van der Waals surface area contributed by atoms with Crippen LogP contribution in [-0.4, -0.2) is 20.8 Å². The normalized spacial score (nSPS) is 15.2. The molecular weight excluding hydrogens is 214 g/mol. The van der Waals surface area contributed by atoms with Gasteiger partial charge in [0.15, 0.2) is 0 Å². The Kier molecular flexibility index (Phi) is 5.58. The van der Waals surface area contributed by atoms with Gasteiger partial charge in [0.1, 0.15) is 12.2 Å². The summed E-state index contributed by atoms with van der Waals surface area (Å²) in [4.78, 5) is 4.32. The molecule has 0 fully saturated rings. The van der Waals surface area contributed by atoms with E-state index in [-0.39, 0.29) is 6.04 Å². The number of hydrazine groups is 1. The first-order valence-electron chi connectivity index (χ1n) is 6.42. The molecule has 17 heavy (non-hydrogen) atoms. The van der Waals surface area contributed by atoms with Gasteiger partial charge in [0.05, 0.1) is 0 Å². The van der Waals surface area contributed by atoms with Crippen molar-refractivity contribution in [2.45, 2.75) is 53.1 Å². The van der Waals surface area contributed by atoms with Gasteiger partial charge in [-0.3, -0.25) is 16.0 Å². The second-order valence-electron chi connectivity index (χ2n) is 4.98. The fourth-order valence-corrected chi connectivity index (χ4v) is 1.90. The maximum atomic E-state index is 5.64. The standard InChI is InChI=1S/C12H25N5/c1-5-6-17-12(14-8-15-17)7-11(16-13)10(4)9(2)3/h8-11,16H,5-7,13H2,1-4H3. The Morgan fingerprint density at radius 1 is 1.41 bits per heavy atom. The lowest BCUT2D eigenvalue weighted by Crippen LogP contribution is -2.43. The highest BCUT2D eigenvalue weighted by atomic mass is 15.3. The van der Waals surface area contributed by atoms with E-state index in [2.05, 4.69) is 43.2 Å². The van der Waals surface area contributed by atoms with Gasteiger partial charge < -0.3 is 0 Å². The molecule has 3 N–H and O–H groups in total. The summed E-state index contributed by atoms with van der Waals surface area (Å²) in [5, 5.41) is 4.23. The Balaban J connectivity index is 2.70. The number of nitrogens with one attached hydrogen (secondary N) is 1. The predicted octanol–water partition coefficient (Wildman–Crippen LogP) is 1.35. The van der Waals surface area contributed by atoms with Gasteiger partial charge in [-0.05, 0) is 18.3 Å². The van der Waals surface area contributed by atoms with Crippen molar-refractivity contribution in [3.05, 3.63) is 12.2 Å². The van der Waals surface area contributed by atoms with Crippen molar-refractivity contribution in [3.63, 3.8) is 0 Å². The number of aromatic nitrogens is 3. The van der Waals surface area contributed by atoms with Crippen LogP contribution in [0.25, 0.3) is 0 Å². The SMILES string of the molecule is CCCn1ncnc1CC(NN)C(C)C(C)C. The lowest BCUT2D eigenvalue weighted by atomic mass is 9.88. The summed E-state index contributed by atoms with van der Waals surface area (Å²) in [5.74, 6) is 7.76. The molecule has 2 unspecified atom stereocenters. The molecule has 2 atom stereocenters. The summed E-state index contributed by atoms with van der Waals surface area (Å²) in [7, 11) is 0. The van der Waals surface area contributed by atoms with Crippen molar-refractivity contribution in [2.24, 2.45) is 17.7 Å². The molecule has 1 aromatic heterocycles. The average molecular weight is 239 g/mol. The molecule has 1 heterocycles. The first kappa shape index (κ1) is 14.1. The monoisotopic (exact) mass is 239 g/mol. The Labute approximate surface area is 104 Å². The predicted molar refractivity (Wildman–Crippen MR) is 69.1 cm³/mol. The molecule has 5 nitrogen and oxygen atoms in total. The van der Waals surface area contributed by atoms with Crippen molar-refractivity contribution in [1.29, 1.82) is 0 Å². The number of nitrogens with two attached hydrogens (primary N) is 1. The van der Waals surface area contributed by atoms with Crippen LogP contribution in [0.2, 0.25) is 0 Å². The van der Waals surface area contributed by atoms with Gasteiger partial charge in [-0.25, -0.2) is 4.98 Å². The van der Waals surface area contributed by atoms with Crippen LogP contribution in [0.15, 0.2) is 6.33 Å². The van der Waals surface area contributed by atoms with Crippen LogP contribution in [-0.2, 0) is 13.0 Å². The summed E-state index contributed by atoms with van der Waals surface area (Å²) in [6.45, 7) is 9.71. The number of hydrogen-bond acceptors (Lipinski definition) is 4. The molecule has 1 aromatic rings. The van der Waals surface area contributed by atoms with E-state index in [0.717, 1.165) is 25.2 Å². The van der Waals surface area contributed by atoms with Gasteiger partial charge in [0.25, 0.3) is 0 Å². The third-order valence-corrected chi connectivity index (χ3v) is 3.43. The summed E-state index contributed by atoms with van der Waals surface area (Å²) in [6.07, 6.45) is 3.52. The van der Waals surface area contributed by atoms with Crippen LogP contribution < -0.4 is 11.3 Å². The second kappa shape index (κ2) is 6.71. The summed E-state index contributed by atoms with van der Waals surface area (Å²) in [5.41, 5.74) is 2.91. The van der Waals surface area contributed by atoms with Crippen LogP contribution in [0.5, 0.6) is 0 Å². The molecule has 0 aliphatic carbocycles. The molecule has 1 rings (SSSR count).